The lowest BCUT2D eigenvalue weighted by Crippen LogP contribution is -2.12. The minimum absolute atomic E-state index is 0.0148. The molecule has 23 heavy (non-hydrogen) atoms. The largest absolute Gasteiger partial charge is 0.507 e. The number of aromatic hydroxyl groups is 1. The molecule has 0 saturated carbocycles. The van der Waals surface area contributed by atoms with E-state index in [2.05, 4.69) is 10.1 Å². The number of phenolic OH excluding ortho intramolecular Hbond substituents is 1. The number of hydrogen-bond donors (Lipinski definition) is 3. The zero-order valence-electron chi connectivity index (χ0n) is 13.0. The molecule has 0 bridgehead atoms. The van der Waals surface area contributed by atoms with Crippen LogP contribution in [0, 0.1) is 0 Å². The number of carboxylic acids is 1. The summed E-state index contributed by atoms with van der Waals surface area (Å²) in [6.45, 7) is 0. The van der Waals surface area contributed by atoms with Crippen LogP contribution in [0.1, 0.15) is 48.9 Å². The molecule has 0 aromatic heterocycles. The number of carbonyl (C=O) groups excluding carboxylic acids is 2. The number of carboxylic acid groups (broad SMARTS) is 1. The minimum atomic E-state index is -0.809. The first-order valence-corrected chi connectivity index (χ1v) is 7.37. The number of nitrogens with one attached hydrogen (secondary N) is 1. The van der Waals surface area contributed by atoms with Crippen molar-refractivity contribution in [2.45, 2.75) is 38.5 Å². The fourth-order valence-electron chi connectivity index (χ4n) is 2.03. The van der Waals surface area contributed by atoms with Crippen LogP contribution in [0.3, 0.4) is 0 Å². The molecular weight excluding hydrogens is 302 g/mol. The Hall–Kier alpha value is -2.57. The maximum absolute atomic E-state index is 11.8. The normalized spacial score (nSPS) is 10.1. The third-order valence-electron chi connectivity index (χ3n) is 3.23. The maximum Gasteiger partial charge on any atom is 0.341 e. The van der Waals surface area contributed by atoms with E-state index in [4.69, 9.17) is 5.11 Å². The van der Waals surface area contributed by atoms with Gasteiger partial charge in [-0.25, -0.2) is 4.79 Å². The van der Waals surface area contributed by atoms with Crippen molar-refractivity contribution in [2.75, 3.05) is 12.4 Å². The zero-order valence-corrected chi connectivity index (χ0v) is 13.0. The van der Waals surface area contributed by atoms with Crippen LogP contribution in [0.5, 0.6) is 5.75 Å². The van der Waals surface area contributed by atoms with Gasteiger partial charge in [0.2, 0.25) is 5.91 Å². The molecule has 0 saturated heterocycles. The Morgan fingerprint density at radius 3 is 2.35 bits per heavy atom. The molecule has 0 heterocycles. The molecule has 7 nitrogen and oxygen atoms in total. The number of rotatable bonds is 9. The van der Waals surface area contributed by atoms with Crippen LogP contribution in [0.25, 0.3) is 0 Å². The molecule has 0 aliphatic rings. The van der Waals surface area contributed by atoms with Crippen molar-refractivity contribution in [2.24, 2.45) is 0 Å². The van der Waals surface area contributed by atoms with Crippen molar-refractivity contribution in [3.63, 3.8) is 0 Å². The van der Waals surface area contributed by atoms with Crippen LogP contribution in [-0.4, -0.2) is 35.2 Å². The van der Waals surface area contributed by atoms with Gasteiger partial charge in [0.15, 0.2) is 0 Å². The van der Waals surface area contributed by atoms with Gasteiger partial charge < -0.3 is 20.3 Å². The lowest BCUT2D eigenvalue weighted by atomic mass is 10.1. The van der Waals surface area contributed by atoms with Crippen LogP contribution in [0.15, 0.2) is 18.2 Å². The highest BCUT2D eigenvalue weighted by atomic mass is 16.5. The van der Waals surface area contributed by atoms with E-state index in [0.29, 0.717) is 24.9 Å². The zero-order chi connectivity index (χ0) is 17.2. The number of hydrogen-bond acceptors (Lipinski definition) is 5. The second-order valence-electron chi connectivity index (χ2n) is 5.08. The predicted molar refractivity (Wildman–Crippen MR) is 83.4 cm³/mol. The third-order valence-corrected chi connectivity index (χ3v) is 3.23. The Kier molecular flexibility index (Phi) is 7.59. The Labute approximate surface area is 134 Å². The van der Waals surface area contributed by atoms with E-state index in [9.17, 15) is 19.5 Å². The second-order valence-corrected chi connectivity index (χ2v) is 5.08. The number of amides is 1. The number of carbonyl (C=O) groups is 3. The standard InChI is InChI=1S/C16H21NO6/c1-23-16(22)12-10-11(8-9-13(12)18)17-14(19)6-4-2-3-5-7-15(20)21/h8-10,18H,2-7H2,1H3,(H,17,19)(H,20,21). The molecule has 1 amide bonds. The van der Waals surface area contributed by atoms with Gasteiger partial charge in [-0.3, -0.25) is 9.59 Å². The van der Waals surface area contributed by atoms with E-state index in [1.54, 1.807) is 0 Å². The lowest BCUT2D eigenvalue weighted by Gasteiger charge is -2.08. The van der Waals surface area contributed by atoms with Gasteiger partial charge in [0.05, 0.1) is 7.11 Å². The average Bonchev–Trinajstić information content (AvgIpc) is 2.51. The Bertz CT molecular complexity index is 570. The summed E-state index contributed by atoms with van der Waals surface area (Å²) in [6, 6.07) is 4.16. The van der Waals surface area contributed by atoms with Crippen molar-refractivity contribution in [3.05, 3.63) is 23.8 Å². The SMILES string of the molecule is COC(=O)c1cc(NC(=O)CCCCCCC(=O)O)ccc1O. The van der Waals surface area contributed by atoms with Crippen molar-refractivity contribution in [3.8, 4) is 5.75 Å². The molecule has 1 rings (SSSR count). The van der Waals surface area contributed by atoms with Gasteiger partial charge in [-0.05, 0) is 31.0 Å². The fourth-order valence-corrected chi connectivity index (χ4v) is 2.03. The topological polar surface area (TPSA) is 113 Å². The summed E-state index contributed by atoms with van der Waals surface area (Å²) in [7, 11) is 1.21. The number of unbranched alkanes of at least 4 members (excludes halogenated alkanes) is 3. The Morgan fingerprint density at radius 1 is 1.09 bits per heavy atom. The molecule has 0 fully saturated rings. The van der Waals surface area contributed by atoms with Gasteiger partial charge in [-0.15, -0.1) is 0 Å². The van der Waals surface area contributed by atoms with Crippen LogP contribution in [0.2, 0.25) is 0 Å². The molecule has 0 unspecified atom stereocenters. The lowest BCUT2D eigenvalue weighted by molar-refractivity contribution is -0.137. The summed E-state index contributed by atoms with van der Waals surface area (Å²) in [5, 5.41) is 20.7. The first-order chi connectivity index (χ1) is 10.9. The van der Waals surface area contributed by atoms with E-state index < -0.39 is 11.9 Å². The highest BCUT2D eigenvalue weighted by molar-refractivity contribution is 5.96. The smallest absolute Gasteiger partial charge is 0.341 e. The molecule has 0 spiro atoms. The van der Waals surface area contributed by atoms with E-state index in [-0.39, 0.29) is 23.6 Å². The Balaban J connectivity index is 2.40. The van der Waals surface area contributed by atoms with E-state index in [0.717, 1.165) is 12.8 Å². The molecule has 0 radical (unpaired) electrons. The minimum Gasteiger partial charge on any atom is -0.507 e. The number of methoxy groups -OCH3 is 1. The summed E-state index contributed by atoms with van der Waals surface area (Å²) < 4.78 is 4.54. The quantitative estimate of drug-likeness (QED) is 0.366. The number of benzene rings is 1. The number of esters is 1. The molecule has 0 atom stereocenters. The number of phenols is 1. The van der Waals surface area contributed by atoms with Crippen LogP contribution in [0.4, 0.5) is 5.69 Å². The molecular formula is C16H21NO6. The van der Waals surface area contributed by atoms with Crippen LogP contribution < -0.4 is 5.32 Å². The molecule has 1 aromatic rings. The molecule has 126 valence electrons. The number of aliphatic carboxylic acids is 1. The fraction of sp³-hybridized carbons (Fsp3) is 0.438. The molecule has 0 aliphatic carbocycles. The number of anilines is 1. The van der Waals surface area contributed by atoms with E-state index in [1.807, 2.05) is 0 Å². The van der Waals surface area contributed by atoms with Gasteiger partial charge in [-0.1, -0.05) is 12.8 Å². The second kappa shape index (κ2) is 9.45. The van der Waals surface area contributed by atoms with Crippen molar-refractivity contribution in [1.29, 1.82) is 0 Å². The van der Waals surface area contributed by atoms with Crippen LogP contribution >= 0.6 is 0 Å². The molecule has 7 heteroatoms. The summed E-state index contributed by atoms with van der Waals surface area (Å²) in [6.07, 6.45) is 3.28. The van der Waals surface area contributed by atoms with E-state index in [1.165, 1.54) is 25.3 Å². The maximum atomic E-state index is 11.8. The van der Waals surface area contributed by atoms with Gasteiger partial charge in [0.25, 0.3) is 0 Å². The first-order valence-electron chi connectivity index (χ1n) is 7.37. The van der Waals surface area contributed by atoms with Gasteiger partial charge in [0.1, 0.15) is 11.3 Å². The predicted octanol–water partition coefficient (Wildman–Crippen LogP) is 2.54. The molecule has 0 aliphatic heterocycles. The van der Waals surface area contributed by atoms with Gasteiger partial charge in [-0.2, -0.15) is 0 Å². The van der Waals surface area contributed by atoms with Gasteiger partial charge >= 0.3 is 11.9 Å². The Morgan fingerprint density at radius 2 is 1.74 bits per heavy atom. The monoisotopic (exact) mass is 323 g/mol. The number of ether oxygens (including phenoxy) is 1. The summed E-state index contributed by atoms with van der Waals surface area (Å²) in [5.41, 5.74) is 0.387. The van der Waals surface area contributed by atoms with Crippen LogP contribution in [-0.2, 0) is 14.3 Å². The molecule has 1 aromatic carbocycles. The highest BCUT2D eigenvalue weighted by Crippen LogP contribution is 2.22. The van der Waals surface area contributed by atoms with Crippen molar-refractivity contribution in [1.82, 2.24) is 0 Å². The summed E-state index contributed by atoms with van der Waals surface area (Å²) in [5.74, 6) is -1.91. The summed E-state index contributed by atoms with van der Waals surface area (Å²) in [4.78, 5) is 33.6. The highest BCUT2D eigenvalue weighted by Gasteiger charge is 2.13. The van der Waals surface area contributed by atoms with E-state index >= 15 is 0 Å². The van der Waals surface area contributed by atoms with Gasteiger partial charge in [0, 0.05) is 18.5 Å². The first kappa shape index (κ1) is 18.5. The average molecular weight is 323 g/mol. The van der Waals surface area contributed by atoms with Crippen molar-refractivity contribution < 1.29 is 29.3 Å². The van der Waals surface area contributed by atoms with Crippen molar-refractivity contribution >= 4 is 23.5 Å². The molecule has 3 N–H and O–H groups in total. The third kappa shape index (κ3) is 6.82. The summed E-state index contributed by atoms with van der Waals surface area (Å²) >= 11 is 0.